The minimum Gasteiger partial charge on any atom is -0.385 e. The molecule has 3 rings (SSSR count). The van der Waals surface area contributed by atoms with Gasteiger partial charge in [0.2, 0.25) is 0 Å². The van der Waals surface area contributed by atoms with E-state index < -0.39 is 24.6 Å². The van der Waals surface area contributed by atoms with E-state index in [2.05, 4.69) is 6.58 Å². The van der Waals surface area contributed by atoms with Crippen molar-refractivity contribution in [3.8, 4) is 0 Å². The van der Waals surface area contributed by atoms with E-state index in [1.54, 1.807) is 6.08 Å². The summed E-state index contributed by atoms with van der Waals surface area (Å²) in [5, 5.41) is 10.6. The maximum Gasteiger partial charge on any atom is 0.187 e. The van der Waals surface area contributed by atoms with Crippen molar-refractivity contribution in [1.29, 1.82) is 0 Å². The van der Waals surface area contributed by atoms with Crippen LogP contribution in [0.15, 0.2) is 73.3 Å². The summed E-state index contributed by atoms with van der Waals surface area (Å²) in [6, 6.07) is 19.7. The van der Waals surface area contributed by atoms with Gasteiger partial charge in [-0.05, 0) is 11.1 Å². The van der Waals surface area contributed by atoms with Crippen molar-refractivity contribution in [2.75, 3.05) is 13.2 Å². The number of aliphatic hydroxyl groups excluding tert-OH is 1. The summed E-state index contributed by atoms with van der Waals surface area (Å²) in [4.78, 5) is 0. The molecule has 27 heavy (non-hydrogen) atoms. The second-order valence-corrected chi connectivity index (χ2v) is 6.42. The fourth-order valence-corrected chi connectivity index (χ4v) is 2.98. The van der Waals surface area contributed by atoms with Crippen LogP contribution in [-0.2, 0) is 32.2 Å². The molecule has 1 heterocycles. The first-order chi connectivity index (χ1) is 13.3. The maximum absolute atomic E-state index is 10.6. The lowest BCUT2D eigenvalue weighted by atomic mass is 10.1. The SMILES string of the molecule is C=CCO[C@@H]1O[C@H](COCc2ccccc2)[C@@H](OCc2ccccc2)[C@@H]1O. The second-order valence-electron chi connectivity index (χ2n) is 6.42. The predicted molar refractivity (Wildman–Crippen MR) is 102 cm³/mol. The summed E-state index contributed by atoms with van der Waals surface area (Å²) in [6.07, 6.45) is -0.971. The van der Waals surface area contributed by atoms with Crippen molar-refractivity contribution in [1.82, 2.24) is 0 Å². The molecule has 1 aliphatic rings. The molecule has 2 aromatic rings. The van der Waals surface area contributed by atoms with Crippen LogP contribution < -0.4 is 0 Å². The Kier molecular flexibility index (Phi) is 7.56. The van der Waals surface area contributed by atoms with Gasteiger partial charge in [0.1, 0.15) is 18.3 Å². The van der Waals surface area contributed by atoms with Crippen LogP contribution in [0.2, 0.25) is 0 Å². The molecule has 1 N–H and O–H groups in total. The van der Waals surface area contributed by atoms with E-state index in [0.717, 1.165) is 11.1 Å². The molecule has 0 aromatic heterocycles. The highest BCUT2D eigenvalue weighted by Crippen LogP contribution is 2.26. The highest BCUT2D eigenvalue weighted by atomic mass is 16.7. The van der Waals surface area contributed by atoms with Gasteiger partial charge in [-0.1, -0.05) is 66.7 Å². The third-order valence-corrected chi connectivity index (χ3v) is 4.35. The number of hydrogen-bond donors (Lipinski definition) is 1. The van der Waals surface area contributed by atoms with Gasteiger partial charge >= 0.3 is 0 Å². The predicted octanol–water partition coefficient (Wildman–Crippen LogP) is 3.08. The van der Waals surface area contributed by atoms with Gasteiger partial charge in [0.25, 0.3) is 0 Å². The Balaban J connectivity index is 1.57. The van der Waals surface area contributed by atoms with E-state index in [0.29, 0.717) is 26.4 Å². The zero-order chi connectivity index (χ0) is 18.9. The lowest BCUT2D eigenvalue weighted by Gasteiger charge is -2.21. The molecule has 0 spiro atoms. The van der Waals surface area contributed by atoms with E-state index in [9.17, 15) is 5.11 Å². The first-order valence-corrected chi connectivity index (χ1v) is 9.11. The summed E-state index contributed by atoms with van der Waals surface area (Å²) in [6.45, 7) is 5.08. The van der Waals surface area contributed by atoms with Crippen LogP contribution >= 0.6 is 0 Å². The lowest BCUT2D eigenvalue weighted by molar-refractivity contribution is -0.166. The van der Waals surface area contributed by atoms with Crippen LogP contribution in [0.5, 0.6) is 0 Å². The molecular weight excluding hydrogens is 344 g/mol. The molecule has 1 aliphatic heterocycles. The molecule has 0 bridgehead atoms. The molecule has 0 radical (unpaired) electrons. The Morgan fingerprint density at radius 2 is 1.56 bits per heavy atom. The highest BCUT2D eigenvalue weighted by Gasteiger charge is 2.45. The largest absolute Gasteiger partial charge is 0.385 e. The minimum atomic E-state index is -0.890. The monoisotopic (exact) mass is 370 g/mol. The van der Waals surface area contributed by atoms with Crippen molar-refractivity contribution in [2.45, 2.75) is 37.8 Å². The Bertz CT molecular complexity index is 676. The van der Waals surface area contributed by atoms with Gasteiger partial charge in [0.05, 0.1) is 26.4 Å². The summed E-state index contributed by atoms with van der Waals surface area (Å²) in [5.41, 5.74) is 2.11. The van der Waals surface area contributed by atoms with Crippen LogP contribution in [0.1, 0.15) is 11.1 Å². The van der Waals surface area contributed by atoms with E-state index in [-0.39, 0.29) is 0 Å². The van der Waals surface area contributed by atoms with Crippen LogP contribution in [0.4, 0.5) is 0 Å². The normalized spacial score (nSPS) is 24.8. The van der Waals surface area contributed by atoms with Gasteiger partial charge in [-0.3, -0.25) is 0 Å². The van der Waals surface area contributed by atoms with Gasteiger partial charge in [0.15, 0.2) is 6.29 Å². The average Bonchev–Trinajstić information content (AvgIpc) is 3.01. The average molecular weight is 370 g/mol. The second kappa shape index (κ2) is 10.3. The Labute approximate surface area is 160 Å². The third-order valence-electron chi connectivity index (χ3n) is 4.35. The quantitative estimate of drug-likeness (QED) is 0.652. The Morgan fingerprint density at radius 1 is 0.926 bits per heavy atom. The fraction of sp³-hybridized carbons (Fsp3) is 0.364. The summed E-state index contributed by atoms with van der Waals surface area (Å²) in [5.74, 6) is 0. The number of benzene rings is 2. The third kappa shape index (κ3) is 5.73. The molecule has 0 amide bonds. The number of hydrogen-bond acceptors (Lipinski definition) is 5. The zero-order valence-electron chi connectivity index (χ0n) is 15.3. The van der Waals surface area contributed by atoms with E-state index >= 15 is 0 Å². The van der Waals surface area contributed by atoms with Crippen LogP contribution in [0.25, 0.3) is 0 Å². The van der Waals surface area contributed by atoms with Crippen LogP contribution in [-0.4, -0.2) is 42.9 Å². The Morgan fingerprint density at radius 3 is 2.19 bits per heavy atom. The van der Waals surface area contributed by atoms with Gasteiger partial charge in [-0.2, -0.15) is 0 Å². The molecule has 0 aliphatic carbocycles. The van der Waals surface area contributed by atoms with Gasteiger partial charge < -0.3 is 24.1 Å². The topological polar surface area (TPSA) is 57.2 Å². The van der Waals surface area contributed by atoms with Crippen molar-refractivity contribution >= 4 is 0 Å². The summed E-state index contributed by atoms with van der Waals surface area (Å²) in [7, 11) is 0. The lowest BCUT2D eigenvalue weighted by Crippen LogP contribution is -2.37. The van der Waals surface area contributed by atoms with Crippen LogP contribution in [0, 0.1) is 0 Å². The van der Waals surface area contributed by atoms with E-state index in [4.69, 9.17) is 18.9 Å². The van der Waals surface area contributed by atoms with E-state index in [1.165, 1.54) is 0 Å². The van der Waals surface area contributed by atoms with Gasteiger partial charge in [0, 0.05) is 0 Å². The smallest absolute Gasteiger partial charge is 0.187 e. The molecule has 0 unspecified atom stereocenters. The molecular formula is C22H26O5. The first-order valence-electron chi connectivity index (χ1n) is 9.11. The van der Waals surface area contributed by atoms with Crippen molar-refractivity contribution in [3.05, 3.63) is 84.4 Å². The fourth-order valence-electron chi connectivity index (χ4n) is 2.98. The van der Waals surface area contributed by atoms with Crippen molar-refractivity contribution in [2.24, 2.45) is 0 Å². The van der Waals surface area contributed by atoms with Gasteiger partial charge in [-0.25, -0.2) is 0 Å². The molecule has 5 nitrogen and oxygen atoms in total. The minimum absolute atomic E-state index is 0.296. The van der Waals surface area contributed by atoms with Crippen molar-refractivity contribution < 1.29 is 24.1 Å². The first kappa shape index (κ1) is 19.7. The molecule has 4 atom stereocenters. The summed E-state index contributed by atoms with van der Waals surface area (Å²) < 4.78 is 23.1. The number of rotatable bonds is 10. The van der Waals surface area contributed by atoms with Crippen molar-refractivity contribution in [3.63, 3.8) is 0 Å². The standard InChI is InChI=1S/C22H26O5/c1-2-13-25-22-20(23)21(26-15-18-11-7-4-8-12-18)19(27-22)16-24-14-17-9-5-3-6-10-17/h2-12,19-23H,1,13-16H2/t19-,20+,21-,22-/m1/s1. The molecule has 5 heteroatoms. The molecule has 2 aromatic carbocycles. The molecule has 1 saturated heterocycles. The Hall–Kier alpha value is -2.02. The van der Waals surface area contributed by atoms with Gasteiger partial charge in [-0.15, -0.1) is 6.58 Å². The molecule has 1 fully saturated rings. The number of ether oxygens (including phenoxy) is 4. The summed E-state index contributed by atoms with van der Waals surface area (Å²) >= 11 is 0. The van der Waals surface area contributed by atoms with Crippen LogP contribution in [0.3, 0.4) is 0 Å². The number of aliphatic hydroxyl groups is 1. The maximum atomic E-state index is 10.6. The van der Waals surface area contributed by atoms with E-state index in [1.807, 2.05) is 60.7 Å². The highest BCUT2D eigenvalue weighted by molar-refractivity contribution is 5.14. The molecule has 0 saturated carbocycles. The molecule has 144 valence electrons. The zero-order valence-corrected chi connectivity index (χ0v) is 15.3.